The third-order valence-corrected chi connectivity index (χ3v) is 2.15. The average Bonchev–Trinajstić information content (AvgIpc) is 2.24. The molecule has 0 amide bonds. The first kappa shape index (κ1) is 8.68. The molecule has 1 fully saturated rings. The molecule has 0 aromatic rings. The minimum Gasteiger partial charge on any atom is -0.356 e. The number of hydrogen-bond acceptors (Lipinski definition) is 3. The molecule has 0 bridgehead atoms. The Balaban J connectivity index is 2.62. The van der Waals surface area contributed by atoms with Gasteiger partial charge in [-0.3, -0.25) is 0 Å². The van der Waals surface area contributed by atoms with Crippen LogP contribution in [0, 0.1) is 5.41 Å². The van der Waals surface area contributed by atoms with E-state index < -0.39 is 0 Å². The molecule has 0 aromatic carbocycles. The number of carbonyl (C=O) groups is 1. The molecule has 1 saturated heterocycles. The van der Waals surface area contributed by atoms with Gasteiger partial charge < -0.3 is 14.3 Å². The molecule has 0 unspecified atom stereocenters. The predicted molar refractivity (Wildman–Crippen MR) is 40.1 cm³/mol. The highest BCUT2D eigenvalue weighted by atomic mass is 16.7. The van der Waals surface area contributed by atoms with Crippen LogP contribution in [0.25, 0.3) is 0 Å². The van der Waals surface area contributed by atoms with Gasteiger partial charge in [0.1, 0.15) is 12.4 Å². The van der Waals surface area contributed by atoms with Crippen LogP contribution in [-0.2, 0) is 14.3 Å². The van der Waals surface area contributed by atoms with Crippen LogP contribution in [0.5, 0.6) is 0 Å². The van der Waals surface area contributed by atoms with Crippen molar-refractivity contribution in [3.63, 3.8) is 0 Å². The highest BCUT2D eigenvalue weighted by Crippen LogP contribution is 2.36. The SMILES string of the molecule is CO[C@H]1CC(C)(C)[C@@H](C=O)O1. The molecule has 0 aromatic heterocycles. The van der Waals surface area contributed by atoms with E-state index in [2.05, 4.69) is 0 Å². The van der Waals surface area contributed by atoms with Crippen molar-refractivity contribution in [1.82, 2.24) is 0 Å². The van der Waals surface area contributed by atoms with Crippen LogP contribution >= 0.6 is 0 Å². The summed E-state index contributed by atoms with van der Waals surface area (Å²) in [6.07, 6.45) is 1.11. The van der Waals surface area contributed by atoms with E-state index in [0.717, 1.165) is 12.7 Å². The van der Waals surface area contributed by atoms with Crippen molar-refractivity contribution in [2.75, 3.05) is 7.11 Å². The van der Waals surface area contributed by atoms with Crippen LogP contribution in [0.2, 0.25) is 0 Å². The van der Waals surface area contributed by atoms with E-state index in [1.807, 2.05) is 13.8 Å². The Morgan fingerprint density at radius 3 is 2.55 bits per heavy atom. The quantitative estimate of drug-likeness (QED) is 0.562. The zero-order valence-electron chi connectivity index (χ0n) is 7.16. The third-order valence-electron chi connectivity index (χ3n) is 2.15. The van der Waals surface area contributed by atoms with Crippen molar-refractivity contribution in [3.05, 3.63) is 0 Å². The van der Waals surface area contributed by atoms with E-state index in [4.69, 9.17) is 9.47 Å². The van der Waals surface area contributed by atoms with Gasteiger partial charge in [0.2, 0.25) is 0 Å². The van der Waals surface area contributed by atoms with E-state index in [1.54, 1.807) is 7.11 Å². The highest BCUT2D eigenvalue weighted by Gasteiger charge is 2.41. The minimum absolute atomic E-state index is 0.0809. The summed E-state index contributed by atoms with van der Waals surface area (Å²) >= 11 is 0. The molecule has 2 atom stereocenters. The monoisotopic (exact) mass is 158 g/mol. The molecule has 64 valence electrons. The lowest BCUT2D eigenvalue weighted by Gasteiger charge is -2.18. The Labute approximate surface area is 66.7 Å². The fourth-order valence-corrected chi connectivity index (χ4v) is 1.30. The van der Waals surface area contributed by atoms with Crippen molar-refractivity contribution in [1.29, 1.82) is 0 Å². The third kappa shape index (κ3) is 1.60. The Morgan fingerprint density at radius 2 is 2.27 bits per heavy atom. The maximum atomic E-state index is 10.5. The van der Waals surface area contributed by atoms with Gasteiger partial charge >= 0.3 is 0 Å². The number of aldehydes is 1. The molecule has 3 nitrogen and oxygen atoms in total. The Kier molecular flexibility index (Phi) is 2.30. The lowest BCUT2D eigenvalue weighted by molar-refractivity contribution is -0.138. The van der Waals surface area contributed by atoms with E-state index in [9.17, 15) is 4.79 Å². The molecule has 0 N–H and O–H groups in total. The number of hydrogen-bond donors (Lipinski definition) is 0. The first-order valence-electron chi connectivity index (χ1n) is 3.73. The Bertz CT molecular complexity index is 153. The second kappa shape index (κ2) is 2.91. The number of ether oxygens (including phenoxy) is 2. The molecule has 0 radical (unpaired) electrons. The van der Waals surface area contributed by atoms with Gasteiger partial charge in [-0.2, -0.15) is 0 Å². The zero-order valence-corrected chi connectivity index (χ0v) is 7.16. The molecule has 11 heavy (non-hydrogen) atoms. The van der Waals surface area contributed by atoms with E-state index in [-0.39, 0.29) is 17.8 Å². The standard InChI is InChI=1S/C8H14O3/c1-8(2)4-7(10-3)11-6(8)5-9/h5-7H,4H2,1-3H3/t6-,7-/m1/s1. The average molecular weight is 158 g/mol. The van der Waals surface area contributed by atoms with Crippen molar-refractivity contribution in [3.8, 4) is 0 Å². The summed E-state index contributed by atoms with van der Waals surface area (Å²) in [5, 5.41) is 0. The second-order valence-electron chi connectivity index (χ2n) is 3.55. The molecule has 0 spiro atoms. The molecule has 1 aliphatic rings. The van der Waals surface area contributed by atoms with E-state index in [0.29, 0.717) is 0 Å². The van der Waals surface area contributed by atoms with Crippen LogP contribution < -0.4 is 0 Å². The molecule has 0 aliphatic carbocycles. The highest BCUT2D eigenvalue weighted by molar-refractivity contribution is 5.58. The van der Waals surface area contributed by atoms with Gasteiger partial charge in [0.15, 0.2) is 6.29 Å². The molecule has 1 rings (SSSR count). The maximum absolute atomic E-state index is 10.5. The van der Waals surface area contributed by atoms with Gasteiger partial charge in [-0.05, 0) is 0 Å². The smallest absolute Gasteiger partial charge is 0.158 e. The number of carbonyl (C=O) groups excluding carboxylic acids is 1. The van der Waals surface area contributed by atoms with Crippen LogP contribution in [-0.4, -0.2) is 25.8 Å². The van der Waals surface area contributed by atoms with Crippen LogP contribution in [0.1, 0.15) is 20.3 Å². The molecular formula is C8H14O3. The maximum Gasteiger partial charge on any atom is 0.158 e. The summed E-state index contributed by atoms with van der Waals surface area (Å²) in [6, 6.07) is 0. The number of methoxy groups -OCH3 is 1. The van der Waals surface area contributed by atoms with Crippen LogP contribution in [0.3, 0.4) is 0 Å². The largest absolute Gasteiger partial charge is 0.356 e. The van der Waals surface area contributed by atoms with Gasteiger partial charge in [0.05, 0.1) is 0 Å². The Morgan fingerprint density at radius 1 is 1.64 bits per heavy atom. The van der Waals surface area contributed by atoms with Gasteiger partial charge in [0.25, 0.3) is 0 Å². The summed E-state index contributed by atoms with van der Waals surface area (Å²) in [4.78, 5) is 10.5. The number of rotatable bonds is 2. The molecule has 1 heterocycles. The Hall–Kier alpha value is -0.410. The lowest BCUT2D eigenvalue weighted by Crippen LogP contribution is -2.25. The van der Waals surface area contributed by atoms with Gasteiger partial charge in [-0.1, -0.05) is 13.8 Å². The van der Waals surface area contributed by atoms with Crippen molar-refractivity contribution >= 4 is 6.29 Å². The topological polar surface area (TPSA) is 35.5 Å². The van der Waals surface area contributed by atoms with Crippen LogP contribution in [0.15, 0.2) is 0 Å². The van der Waals surface area contributed by atoms with E-state index in [1.165, 1.54) is 0 Å². The molecular weight excluding hydrogens is 144 g/mol. The van der Waals surface area contributed by atoms with Crippen LogP contribution in [0.4, 0.5) is 0 Å². The van der Waals surface area contributed by atoms with Gasteiger partial charge in [0, 0.05) is 18.9 Å². The van der Waals surface area contributed by atoms with Crippen molar-refractivity contribution in [2.45, 2.75) is 32.7 Å². The summed E-state index contributed by atoms with van der Waals surface area (Å²) in [6.45, 7) is 4.01. The molecule has 0 saturated carbocycles. The molecule has 3 heteroatoms. The van der Waals surface area contributed by atoms with Gasteiger partial charge in [-0.25, -0.2) is 0 Å². The minimum atomic E-state index is -0.313. The van der Waals surface area contributed by atoms with Gasteiger partial charge in [-0.15, -0.1) is 0 Å². The fourth-order valence-electron chi connectivity index (χ4n) is 1.30. The summed E-state index contributed by atoms with van der Waals surface area (Å²) < 4.78 is 10.3. The first-order chi connectivity index (χ1) is 5.10. The second-order valence-corrected chi connectivity index (χ2v) is 3.55. The van der Waals surface area contributed by atoms with Crippen molar-refractivity contribution < 1.29 is 14.3 Å². The van der Waals surface area contributed by atoms with E-state index >= 15 is 0 Å². The fraction of sp³-hybridized carbons (Fsp3) is 0.875. The summed E-state index contributed by atoms with van der Waals surface area (Å²) in [5.41, 5.74) is -0.0809. The predicted octanol–water partition coefficient (Wildman–Crippen LogP) is 0.973. The normalized spacial score (nSPS) is 35.5. The summed E-state index contributed by atoms with van der Waals surface area (Å²) in [7, 11) is 1.59. The lowest BCUT2D eigenvalue weighted by atomic mass is 9.86. The molecule has 1 aliphatic heterocycles. The summed E-state index contributed by atoms with van der Waals surface area (Å²) in [5.74, 6) is 0. The first-order valence-corrected chi connectivity index (χ1v) is 3.73. The van der Waals surface area contributed by atoms with Crippen molar-refractivity contribution in [2.24, 2.45) is 5.41 Å². The zero-order chi connectivity index (χ0) is 8.48.